The van der Waals surface area contributed by atoms with E-state index >= 15 is 0 Å². The van der Waals surface area contributed by atoms with E-state index in [0.717, 1.165) is 94.0 Å². The summed E-state index contributed by atoms with van der Waals surface area (Å²) in [6, 6.07) is 0. The van der Waals surface area contributed by atoms with Crippen molar-refractivity contribution in [3.8, 4) is 0 Å². The van der Waals surface area contributed by atoms with Gasteiger partial charge in [0, 0.05) is 79.2 Å². The first kappa shape index (κ1) is 21.5. The topological polar surface area (TPSA) is 57.0 Å². The molecule has 184 valence electrons. The van der Waals surface area contributed by atoms with Crippen LogP contribution in [-0.4, -0.2) is 87.7 Å². The quantitative estimate of drug-likeness (QED) is 0.460. The fourth-order valence-electron chi connectivity index (χ4n) is 7.27. The summed E-state index contributed by atoms with van der Waals surface area (Å²) >= 11 is 3.58. The highest BCUT2D eigenvalue weighted by Crippen LogP contribution is 2.75. The zero-order valence-electron chi connectivity index (χ0n) is 20.3. The van der Waals surface area contributed by atoms with E-state index in [9.17, 15) is 4.79 Å². The van der Waals surface area contributed by atoms with Gasteiger partial charge >= 0.3 is 0 Å². The van der Waals surface area contributed by atoms with Crippen LogP contribution < -0.4 is 5.56 Å². The maximum Gasteiger partial charge on any atom is 0.258 e. The van der Waals surface area contributed by atoms with E-state index in [1.165, 1.54) is 22.7 Å². The summed E-state index contributed by atoms with van der Waals surface area (Å²) in [6.45, 7) is 7.86. The zero-order chi connectivity index (χ0) is 23.4. The third-order valence-corrected chi connectivity index (χ3v) is 11.8. The Morgan fingerprint density at radius 2 is 1.97 bits per heavy atom. The summed E-state index contributed by atoms with van der Waals surface area (Å²) in [4.78, 5) is 27.2. The van der Waals surface area contributed by atoms with Gasteiger partial charge in [-0.25, -0.2) is 4.98 Å². The third kappa shape index (κ3) is 3.23. The molecule has 2 saturated carbocycles. The van der Waals surface area contributed by atoms with E-state index in [2.05, 4.69) is 33.9 Å². The number of thioether (sulfide) groups is 1. The number of piperazine rings is 1. The molecule has 3 aliphatic carbocycles. The van der Waals surface area contributed by atoms with Gasteiger partial charge in [0.05, 0.1) is 11.9 Å². The number of hydrogen-bond donors (Lipinski definition) is 0. The van der Waals surface area contributed by atoms with Crippen LogP contribution in [-0.2, 0) is 12.0 Å². The maximum atomic E-state index is 13.6. The van der Waals surface area contributed by atoms with E-state index in [4.69, 9.17) is 9.38 Å². The van der Waals surface area contributed by atoms with Crippen LogP contribution in [0.5, 0.6) is 0 Å². The van der Waals surface area contributed by atoms with Gasteiger partial charge in [-0.3, -0.25) is 14.3 Å². The number of nitrogens with zero attached hydrogens (tertiary/aromatic N) is 6. The molecule has 35 heavy (non-hydrogen) atoms. The maximum absolute atomic E-state index is 13.6. The molecule has 1 aromatic rings. The molecule has 4 aliphatic heterocycles. The van der Waals surface area contributed by atoms with Crippen molar-refractivity contribution in [3.05, 3.63) is 44.9 Å². The van der Waals surface area contributed by atoms with Crippen LogP contribution in [0.3, 0.4) is 0 Å². The summed E-state index contributed by atoms with van der Waals surface area (Å²) in [5.74, 6) is 2.74. The number of fused-ring (bicyclic) bond motifs is 4. The van der Waals surface area contributed by atoms with Crippen molar-refractivity contribution in [2.75, 3.05) is 52.9 Å². The summed E-state index contributed by atoms with van der Waals surface area (Å²) in [5, 5.41) is 1.01. The first-order valence-electron chi connectivity index (χ1n) is 13.2. The van der Waals surface area contributed by atoms with E-state index in [-0.39, 0.29) is 15.7 Å². The first-order chi connectivity index (χ1) is 17.0. The third-order valence-electron chi connectivity index (χ3n) is 9.49. The van der Waals surface area contributed by atoms with Crippen molar-refractivity contribution in [1.82, 2.24) is 24.3 Å². The molecule has 4 unspecified atom stereocenters. The highest BCUT2D eigenvalue weighted by atomic mass is 32.2. The van der Waals surface area contributed by atoms with Crippen molar-refractivity contribution in [3.63, 3.8) is 0 Å². The Balaban J connectivity index is 0.928. The van der Waals surface area contributed by atoms with Crippen LogP contribution in [0.2, 0.25) is 0 Å². The second-order valence-electron chi connectivity index (χ2n) is 11.7. The predicted octanol–water partition coefficient (Wildman–Crippen LogP) is 2.59. The predicted molar refractivity (Wildman–Crippen MR) is 141 cm³/mol. The Labute approximate surface area is 214 Å². The Kier molecular flexibility index (Phi) is 4.61. The minimum absolute atomic E-state index is 0.0964. The van der Waals surface area contributed by atoms with Gasteiger partial charge in [-0.1, -0.05) is 23.9 Å². The van der Waals surface area contributed by atoms with Gasteiger partial charge < -0.3 is 9.80 Å². The van der Waals surface area contributed by atoms with E-state index in [0.29, 0.717) is 0 Å². The number of likely N-dealkylation sites (tertiary alicyclic amines) is 1. The smallest absolute Gasteiger partial charge is 0.258 e. The lowest BCUT2D eigenvalue weighted by atomic mass is 9.89. The molecule has 5 heterocycles. The molecule has 7 aliphatic rings. The lowest BCUT2D eigenvalue weighted by Crippen LogP contribution is -2.50. The van der Waals surface area contributed by atoms with E-state index in [1.807, 2.05) is 16.3 Å². The molecular formula is C26H32N6OS2. The Morgan fingerprint density at radius 3 is 2.86 bits per heavy atom. The fraction of sp³-hybridized carbons (Fsp3) is 0.654. The van der Waals surface area contributed by atoms with Gasteiger partial charge in [0.2, 0.25) is 0 Å². The van der Waals surface area contributed by atoms with Gasteiger partial charge in [-0.15, -0.1) is 0 Å². The molecule has 1 aromatic heterocycles. The molecule has 8 rings (SSSR count). The molecular weight excluding hydrogens is 476 g/mol. The van der Waals surface area contributed by atoms with Crippen LogP contribution in [0, 0.1) is 11.8 Å². The average Bonchev–Trinajstić information content (AvgIpc) is 3.72. The molecule has 2 bridgehead atoms. The summed E-state index contributed by atoms with van der Waals surface area (Å²) in [7, 11) is 2.20. The second-order valence-corrected chi connectivity index (χ2v) is 13.9. The number of piperidine rings is 1. The van der Waals surface area contributed by atoms with Crippen molar-refractivity contribution in [2.45, 2.75) is 47.4 Å². The number of aromatic nitrogens is 2. The van der Waals surface area contributed by atoms with Crippen molar-refractivity contribution in [2.24, 2.45) is 16.2 Å². The number of rotatable bonds is 3. The number of amidine groups is 1. The van der Waals surface area contributed by atoms with Crippen LogP contribution in [0.15, 0.2) is 43.2 Å². The SMILES string of the molecule is CN1CCC23CC2(C1)Sc1ncn(CCN2CCN(C4=NSC5=CC6CC6C=C4C5)CC2)c(=O)c13. The average molecular weight is 509 g/mol. The second kappa shape index (κ2) is 7.49. The molecule has 4 atom stereocenters. The Hall–Kier alpha value is -1.55. The van der Waals surface area contributed by atoms with Gasteiger partial charge in [-0.2, -0.15) is 4.40 Å². The lowest BCUT2D eigenvalue weighted by Gasteiger charge is -2.38. The summed E-state index contributed by atoms with van der Waals surface area (Å²) in [5.41, 5.74) is 2.81. The highest BCUT2D eigenvalue weighted by molar-refractivity contribution is 8.02. The summed E-state index contributed by atoms with van der Waals surface area (Å²) < 4.78 is 7.02. The minimum atomic E-state index is 0.0964. The monoisotopic (exact) mass is 508 g/mol. The molecule has 0 spiro atoms. The number of allylic oxidation sites excluding steroid dienone is 3. The van der Waals surface area contributed by atoms with Gasteiger partial charge in [0.1, 0.15) is 10.9 Å². The molecule has 0 amide bonds. The van der Waals surface area contributed by atoms with Crippen LogP contribution in [0.25, 0.3) is 0 Å². The van der Waals surface area contributed by atoms with Crippen LogP contribution in [0.1, 0.15) is 31.2 Å². The van der Waals surface area contributed by atoms with Crippen molar-refractivity contribution >= 4 is 29.5 Å². The van der Waals surface area contributed by atoms with Crippen molar-refractivity contribution in [1.29, 1.82) is 0 Å². The van der Waals surface area contributed by atoms with Gasteiger partial charge in [0.15, 0.2) is 0 Å². The molecule has 0 aromatic carbocycles. The van der Waals surface area contributed by atoms with Crippen LogP contribution >= 0.6 is 23.7 Å². The zero-order valence-corrected chi connectivity index (χ0v) is 21.9. The lowest BCUT2D eigenvalue weighted by molar-refractivity contribution is 0.176. The number of hydrogen-bond acceptors (Lipinski definition) is 8. The molecule has 7 nitrogen and oxygen atoms in total. The molecule has 0 radical (unpaired) electrons. The first-order valence-corrected chi connectivity index (χ1v) is 14.7. The van der Waals surface area contributed by atoms with Crippen molar-refractivity contribution < 1.29 is 0 Å². The standard InChI is InChI=1S/C26H32N6OS2/c1-29-3-2-25-14-26(25,15-29)34-23-21(25)24(33)32(16-27-23)9-6-30-4-7-31(8-5-30)22-19-11-17-10-18(17)12-20(13-19)35-28-22/h11-12,16-18H,2-10,13-15H2,1H3. The highest BCUT2D eigenvalue weighted by Gasteiger charge is 2.75. The fourth-order valence-corrected chi connectivity index (χ4v) is 10.0. The Bertz CT molecular complexity index is 1260. The van der Waals surface area contributed by atoms with Gasteiger partial charge in [-0.05, 0) is 50.3 Å². The van der Waals surface area contributed by atoms with Crippen LogP contribution in [0.4, 0.5) is 0 Å². The Morgan fingerprint density at radius 1 is 1.11 bits per heavy atom. The molecule has 4 fully saturated rings. The molecule has 0 N–H and O–H groups in total. The molecule has 9 heteroatoms. The normalized spacial score (nSPS) is 37.3. The van der Waals surface area contributed by atoms with E-state index < -0.39 is 0 Å². The van der Waals surface area contributed by atoms with E-state index in [1.54, 1.807) is 18.3 Å². The largest absolute Gasteiger partial charge is 0.353 e. The minimum Gasteiger partial charge on any atom is -0.353 e. The molecule has 2 saturated heterocycles. The summed E-state index contributed by atoms with van der Waals surface area (Å²) in [6.07, 6.45) is 11.4. The van der Waals surface area contributed by atoms with Gasteiger partial charge in [0.25, 0.3) is 5.56 Å².